The van der Waals surface area contributed by atoms with Gasteiger partial charge in [0.05, 0.1) is 0 Å². The van der Waals surface area contributed by atoms with E-state index in [1.807, 2.05) is 4.98 Å². The first kappa shape index (κ1) is 21.3. The van der Waals surface area contributed by atoms with Gasteiger partial charge in [-0.05, 0) is 17.9 Å². The van der Waals surface area contributed by atoms with Crippen LogP contribution in [0, 0.1) is 0 Å². The van der Waals surface area contributed by atoms with Gasteiger partial charge in [0.1, 0.15) is 18.3 Å². The Morgan fingerprint density at radius 1 is 1.31 bits per heavy atom. The average Bonchev–Trinajstić information content (AvgIpc) is 2.80. The molecule has 5 N–H and O–H groups in total. The van der Waals surface area contributed by atoms with Crippen molar-refractivity contribution in [3.8, 4) is 0 Å². The highest BCUT2D eigenvalue weighted by Gasteiger charge is 2.48. The minimum absolute atomic E-state index is 0.539. The Bertz CT molecular complexity index is 885. The summed E-state index contributed by atoms with van der Waals surface area (Å²) in [5.74, 6) is 0.539. The molecule has 0 unspecified atom stereocenters. The Morgan fingerprint density at radius 3 is 2.46 bits per heavy atom. The van der Waals surface area contributed by atoms with Crippen molar-refractivity contribution in [3.05, 3.63) is 45.0 Å². The van der Waals surface area contributed by atoms with Crippen LogP contribution in [-0.4, -0.2) is 54.5 Å². The molecular formula is C11H16N2O10P2S. The van der Waals surface area contributed by atoms with Gasteiger partial charge < -0.3 is 29.0 Å². The fourth-order valence-electron chi connectivity index (χ4n) is 2.40. The third-order valence-electron chi connectivity index (χ3n) is 3.35. The van der Waals surface area contributed by atoms with Gasteiger partial charge in [0, 0.05) is 25.2 Å². The number of rotatable bonds is 6. The molecule has 0 bridgehead atoms. The van der Waals surface area contributed by atoms with Gasteiger partial charge in [0.15, 0.2) is 6.23 Å². The lowest BCUT2D eigenvalue weighted by Crippen LogP contribution is -2.39. The van der Waals surface area contributed by atoms with Crippen LogP contribution in [0.5, 0.6) is 0 Å². The number of hydrogen-bond donors (Lipinski definition) is 5. The third-order valence-corrected chi connectivity index (χ3v) is 4.69. The summed E-state index contributed by atoms with van der Waals surface area (Å²) in [5.41, 5.74) is -1.49. The number of nitrogens with one attached hydrogen (secondary N) is 1. The first-order valence-corrected chi connectivity index (χ1v) is 11.2. The summed E-state index contributed by atoms with van der Waals surface area (Å²) < 4.78 is 27.7. The average molecular weight is 430 g/mol. The minimum atomic E-state index is -4.55. The monoisotopic (exact) mass is 430 g/mol. The van der Waals surface area contributed by atoms with Crippen LogP contribution >= 0.6 is 14.3 Å². The largest absolute Gasteiger partial charge is 0.374 e. The molecule has 0 saturated carbocycles. The second-order valence-corrected chi connectivity index (χ2v) is 9.30. The fraction of sp³-hybridized carbons (Fsp3) is 0.455. The molecule has 1 aliphatic heterocycles. The highest BCUT2D eigenvalue weighted by molar-refractivity contribution is 8.06. The number of hydrogen-bond acceptors (Lipinski definition) is 7. The van der Waals surface area contributed by atoms with Gasteiger partial charge in [0.2, 0.25) is 0 Å². The van der Waals surface area contributed by atoms with Gasteiger partial charge in [0.25, 0.3) is 5.56 Å². The molecule has 12 nitrogen and oxygen atoms in total. The molecule has 26 heavy (non-hydrogen) atoms. The van der Waals surface area contributed by atoms with E-state index in [9.17, 15) is 23.9 Å². The van der Waals surface area contributed by atoms with Crippen LogP contribution in [0.1, 0.15) is 6.23 Å². The number of nitrogens with zero attached hydrogens (tertiary/aromatic N) is 1. The quantitative estimate of drug-likeness (QED) is 0.340. The minimum Gasteiger partial charge on any atom is -0.374 e. The van der Waals surface area contributed by atoms with Crippen LogP contribution in [0.4, 0.5) is 0 Å². The number of ether oxygens (including phenoxy) is 2. The van der Waals surface area contributed by atoms with E-state index < -0.39 is 50.1 Å². The Labute approximate surface area is 151 Å². The van der Waals surface area contributed by atoms with Crippen molar-refractivity contribution < 1.29 is 38.1 Å². The first-order chi connectivity index (χ1) is 11.9. The second kappa shape index (κ2) is 7.95. The molecule has 0 aromatic carbocycles. The maximum atomic E-state index is 12.0. The summed E-state index contributed by atoms with van der Waals surface area (Å²) in [6, 6.07) is 1.05. The first-order valence-electron chi connectivity index (χ1n) is 6.89. The molecule has 4 atom stereocenters. The molecule has 1 aliphatic rings. The van der Waals surface area contributed by atoms with Crippen molar-refractivity contribution in [3.63, 3.8) is 0 Å². The van der Waals surface area contributed by atoms with Crippen molar-refractivity contribution in [1.82, 2.24) is 9.55 Å². The van der Waals surface area contributed by atoms with Gasteiger partial charge >= 0.3 is 20.0 Å². The molecule has 0 radical (unpaired) electrons. The Morgan fingerprint density at radius 2 is 1.96 bits per heavy atom. The van der Waals surface area contributed by atoms with E-state index in [-0.39, 0.29) is 0 Å². The van der Waals surface area contributed by atoms with Crippen LogP contribution in [0.3, 0.4) is 0 Å². The summed E-state index contributed by atoms with van der Waals surface area (Å²) in [6.45, 7) is -4.20. The van der Waals surface area contributed by atoms with Crippen LogP contribution in [0.2, 0.25) is 0 Å². The van der Waals surface area contributed by atoms with Crippen molar-refractivity contribution in [1.29, 1.82) is 0 Å². The molecule has 2 rings (SSSR count). The zero-order chi connectivity index (χ0) is 19.7. The van der Waals surface area contributed by atoms with E-state index in [1.165, 1.54) is 7.11 Å². The fourth-order valence-corrected chi connectivity index (χ4v) is 3.65. The highest BCUT2D eigenvalue weighted by Crippen LogP contribution is 2.46. The topological polar surface area (TPSA) is 181 Å². The molecule has 1 aromatic rings. The van der Waals surface area contributed by atoms with Crippen LogP contribution in [0.25, 0.3) is 0 Å². The summed E-state index contributed by atoms with van der Waals surface area (Å²) in [5, 5.41) is 0. The molecular weight excluding hydrogens is 414 g/mol. The summed E-state index contributed by atoms with van der Waals surface area (Å²) in [6.07, 6.45) is -2.79. The molecule has 1 fully saturated rings. The normalized spacial score (nSPS) is 27.3. The Kier molecular flexibility index (Phi) is 6.52. The van der Waals surface area contributed by atoms with Crippen molar-refractivity contribution in [2.75, 3.05) is 7.11 Å². The molecule has 146 valence electrons. The molecule has 1 aromatic heterocycles. The van der Waals surface area contributed by atoms with Crippen molar-refractivity contribution in [2.45, 2.75) is 24.5 Å². The van der Waals surface area contributed by atoms with Gasteiger partial charge in [-0.1, -0.05) is 0 Å². The molecule has 2 heterocycles. The molecule has 0 aliphatic carbocycles. The highest BCUT2D eigenvalue weighted by atomic mass is 32.5. The molecule has 15 heteroatoms. The van der Waals surface area contributed by atoms with Crippen LogP contribution < -0.4 is 11.2 Å². The summed E-state index contributed by atoms with van der Waals surface area (Å²) in [4.78, 5) is 62.0. The Hall–Kier alpha value is -0.980. The SMILES string of the molecule is CO[C@@H]1[C@H](OP(O)(O)=S)[C@@H](/C=C/P(=O)(O)O)O[C@H]1n1ccc(=O)[nH]c1=O. The maximum Gasteiger partial charge on any atom is 0.348 e. The lowest BCUT2D eigenvalue weighted by atomic mass is 10.1. The predicted molar refractivity (Wildman–Crippen MR) is 90.8 cm³/mol. The van der Waals surface area contributed by atoms with Crippen LogP contribution in [0.15, 0.2) is 33.7 Å². The number of methoxy groups -OCH3 is 1. The second-order valence-electron chi connectivity index (χ2n) is 5.20. The standard InChI is InChI=1S/C11H16N2O10P2S/c1-21-9-8(23-25(19,20)26)6(3-5-24(16,17)18)22-10(9)13-4-2-7(14)12-11(13)15/h2-6,8-10H,1H3,(H,12,14,15)(H2,16,17,18)(H2,19,20,26)/b5-3+/t6-,8-,9-,10-/m1/s1. The third kappa shape index (κ3) is 5.51. The predicted octanol–water partition coefficient (Wildman–Crippen LogP) is -1.27. The molecule has 1 saturated heterocycles. The lowest BCUT2D eigenvalue weighted by molar-refractivity contribution is -0.0480. The van der Waals surface area contributed by atoms with Gasteiger partial charge in [-0.2, -0.15) is 0 Å². The number of aromatic amines is 1. The summed E-state index contributed by atoms with van der Waals surface area (Å²) in [7, 11) is -3.32. The van der Waals surface area contributed by atoms with E-state index in [2.05, 4.69) is 11.8 Å². The van der Waals surface area contributed by atoms with E-state index in [0.717, 1.165) is 22.9 Å². The van der Waals surface area contributed by atoms with Crippen LogP contribution in [-0.2, 0) is 30.4 Å². The Balaban J connectivity index is 2.46. The number of H-pyrrole nitrogens is 1. The number of aromatic nitrogens is 2. The molecule has 0 amide bonds. The van der Waals surface area contributed by atoms with Crippen molar-refractivity contribution >= 4 is 26.1 Å². The maximum absolute atomic E-state index is 12.0. The molecule has 0 spiro atoms. The van der Waals surface area contributed by atoms with Gasteiger partial charge in [-0.25, -0.2) is 4.79 Å². The zero-order valence-electron chi connectivity index (χ0n) is 13.1. The smallest absolute Gasteiger partial charge is 0.348 e. The van der Waals surface area contributed by atoms with Gasteiger partial charge in [-0.3, -0.25) is 23.4 Å². The van der Waals surface area contributed by atoms with Gasteiger partial charge in [-0.15, -0.1) is 0 Å². The van der Waals surface area contributed by atoms with E-state index in [4.69, 9.17) is 23.8 Å². The zero-order valence-corrected chi connectivity index (χ0v) is 15.7. The van der Waals surface area contributed by atoms with E-state index in [1.54, 1.807) is 0 Å². The van der Waals surface area contributed by atoms with E-state index in [0.29, 0.717) is 5.82 Å². The lowest BCUT2D eigenvalue weighted by Gasteiger charge is -2.24. The van der Waals surface area contributed by atoms with E-state index >= 15 is 0 Å². The van der Waals surface area contributed by atoms with Crippen molar-refractivity contribution in [2.24, 2.45) is 0 Å². The summed E-state index contributed by atoms with van der Waals surface area (Å²) >= 11 is 4.43.